The van der Waals surface area contributed by atoms with Crippen LogP contribution < -0.4 is 5.32 Å². The van der Waals surface area contributed by atoms with Gasteiger partial charge in [-0.2, -0.15) is 5.26 Å². The number of phenols is 1. The quantitative estimate of drug-likeness (QED) is 0.646. The molecule has 0 amide bonds. The Morgan fingerprint density at radius 2 is 2.09 bits per heavy atom. The second-order valence-electron chi connectivity index (χ2n) is 5.87. The molecule has 2 fully saturated rings. The molecule has 7 nitrogen and oxygen atoms in total. The van der Waals surface area contributed by atoms with Crippen molar-refractivity contribution in [1.29, 1.82) is 5.26 Å². The van der Waals surface area contributed by atoms with Gasteiger partial charge >= 0.3 is 5.69 Å². The third kappa shape index (κ3) is 2.75. The van der Waals surface area contributed by atoms with Crippen LogP contribution in [-0.4, -0.2) is 41.1 Å². The number of nitrogens with zero attached hydrogens (tertiary/aromatic N) is 3. The minimum Gasteiger partial charge on any atom is -0.502 e. The Hall–Kier alpha value is -2.17. The molecule has 116 valence electrons. The molecule has 0 radical (unpaired) electrons. The number of hydrogen-bond donors (Lipinski definition) is 2. The van der Waals surface area contributed by atoms with Gasteiger partial charge in [-0.3, -0.25) is 15.0 Å². The maximum absolute atomic E-state index is 11.1. The number of nitro groups is 1. The molecule has 0 aromatic heterocycles. The summed E-state index contributed by atoms with van der Waals surface area (Å²) in [5, 5.41) is 33.9. The predicted octanol–water partition coefficient (Wildman–Crippen LogP) is 1.53. The van der Waals surface area contributed by atoms with Crippen LogP contribution >= 0.6 is 0 Å². The molecule has 0 bridgehead atoms. The number of hydrogen-bond acceptors (Lipinski definition) is 6. The highest BCUT2D eigenvalue weighted by Gasteiger charge is 2.39. The van der Waals surface area contributed by atoms with Crippen LogP contribution in [0, 0.1) is 27.4 Å². The summed E-state index contributed by atoms with van der Waals surface area (Å²) in [7, 11) is 0. The molecule has 0 unspecified atom stereocenters. The van der Waals surface area contributed by atoms with Crippen molar-refractivity contribution in [1.82, 2.24) is 10.2 Å². The number of benzene rings is 1. The Kier molecular flexibility index (Phi) is 3.96. The van der Waals surface area contributed by atoms with E-state index in [4.69, 9.17) is 5.26 Å². The van der Waals surface area contributed by atoms with E-state index in [-0.39, 0.29) is 23.0 Å². The number of piperazine rings is 1. The van der Waals surface area contributed by atoms with Crippen molar-refractivity contribution in [2.24, 2.45) is 5.92 Å². The Balaban J connectivity index is 2.05. The first-order valence-corrected chi connectivity index (χ1v) is 7.48. The fourth-order valence-corrected chi connectivity index (χ4v) is 3.19. The van der Waals surface area contributed by atoms with Gasteiger partial charge in [0.05, 0.1) is 16.6 Å². The number of rotatable bonds is 4. The first kappa shape index (κ1) is 14.8. The van der Waals surface area contributed by atoms with E-state index >= 15 is 0 Å². The lowest BCUT2D eigenvalue weighted by Crippen LogP contribution is -2.45. The van der Waals surface area contributed by atoms with Gasteiger partial charge in [0.15, 0.2) is 5.75 Å². The Labute approximate surface area is 128 Å². The van der Waals surface area contributed by atoms with E-state index in [0.29, 0.717) is 11.5 Å². The van der Waals surface area contributed by atoms with Crippen molar-refractivity contribution in [2.45, 2.75) is 18.9 Å². The second kappa shape index (κ2) is 5.91. The van der Waals surface area contributed by atoms with E-state index in [1.807, 2.05) is 6.07 Å². The van der Waals surface area contributed by atoms with Gasteiger partial charge in [0, 0.05) is 43.9 Å². The van der Waals surface area contributed by atoms with Crippen LogP contribution in [0.2, 0.25) is 0 Å². The highest BCUT2D eigenvalue weighted by atomic mass is 16.6. The molecule has 1 saturated carbocycles. The maximum atomic E-state index is 11.1. The van der Waals surface area contributed by atoms with Gasteiger partial charge in [0.1, 0.15) is 0 Å². The van der Waals surface area contributed by atoms with Crippen LogP contribution in [0.3, 0.4) is 0 Å². The fraction of sp³-hybridized carbons (Fsp3) is 0.533. The van der Waals surface area contributed by atoms with Gasteiger partial charge in [-0.05, 0) is 24.8 Å². The van der Waals surface area contributed by atoms with E-state index < -0.39 is 4.92 Å². The first-order valence-electron chi connectivity index (χ1n) is 7.48. The molecule has 1 aromatic carbocycles. The third-order valence-corrected chi connectivity index (χ3v) is 4.38. The zero-order valence-corrected chi connectivity index (χ0v) is 12.2. The standard InChI is InChI=1S/C15H18N4O3/c16-9-10-7-12(15(20)13(8-10)19(21)22)14(11-1-2-11)18-5-3-17-4-6-18/h7-8,11,14,17,20H,1-6H2/t14-/m0/s1. The predicted molar refractivity (Wildman–Crippen MR) is 79.4 cm³/mol. The summed E-state index contributed by atoms with van der Waals surface area (Å²) in [5.41, 5.74) is 0.366. The van der Waals surface area contributed by atoms with Crippen molar-refractivity contribution >= 4 is 5.69 Å². The fourth-order valence-electron chi connectivity index (χ4n) is 3.19. The minimum absolute atomic E-state index is 0.0471. The summed E-state index contributed by atoms with van der Waals surface area (Å²) in [6.45, 7) is 3.41. The Morgan fingerprint density at radius 1 is 1.41 bits per heavy atom. The summed E-state index contributed by atoms with van der Waals surface area (Å²) in [4.78, 5) is 12.8. The Morgan fingerprint density at radius 3 is 2.64 bits per heavy atom. The molecule has 1 saturated heterocycles. The van der Waals surface area contributed by atoms with E-state index in [1.54, 1.807) is 6.07 Å². The first-order chi connectivity index (χ1) is 10.6. The minimum atomic E-state index is -0.624. The average Bonchev–Trinajstić information content (AvgIpc) is 3.35. The summed E-state index contributed by atoms with van der Waals surface area (Å²) >= 11 is 0. The van der Waals surface area contributed by atoms with Crippen LogP contribution in [0.15, 0.2) is 12.1 Å². The SMILES string of the molecule is N#Cc1cc([C@H](C2CC2)N2CCNCC2)c(O)c([N+](=O)[O-])c1. The molecule has 3 rings (SSSR count). The maximum Gasteiger partial charge on any atom is 0.312 e. The molecule has 1 heterocycles. The molecule has 22 heavy (non-hydrogen) atoms. The zero-order chi connectivity index (χ0) is 15.7. The number of nitriles is 1. The van der Waals surface area contributed by atoms with Crippen LogP contribution in [-0.2, 0) is 0 Å². The van der Waals surface area contributed by atoms with Gasteiger partial charge in [-0.1, -0.05) is 0 Å². The van der Waals surface area contributed by atoms with E-state index in [1.165, 1.54) is 0 Å². The van der Waals surface area contributed by atoms with Crippen molar-refractivity contribution in [3.63, 3.8) is 0 Å². The van der Waals surface area contributed by atoms with E-state index in [2.05, 4.69) is 10.2 Å². The molecule has 1 aromatic rings. The van der Waals surface area contributed by atoms with E-state index in [9.17, 15) is 15.2 Å². The van der Waals surface area contributed by atoms with Crippen LogP contribution in [0.5, 0.6) is 5.75 Å². The molecular weight excluding hydrogens is 284 g/mol. The second-order valence-corrected chi connectivity index (χ2v) is 5.87. The van der Waals surface area contributed by atoms with Crippen molar-refractivity contribution in [3.8, 4) is 11.8 Å². The monoisotopic (exact) mass is 302 g/mol. The average molecular weight is 302 g/mol. The molecule has 0 spiro atoms. The molecule has 1 atom stereocenters. The molecule has 1 aliphatic heterocycles. The lowest BCUT2D eigenvalue weighted by molar-refractivity contribution is -0.386. The highest BCUT2D eigenvalue weighted by molar-refractivity contribution is 5.57. The van der Waals surface area contributed by atoms with Crippen molar-refractivity contribution in [2.75, 3.05) is 26.2 Å². The third-order valence-electron chi connectivity index (χ3n) is 4.38. The molecule has 2 aliphatic rings. The number of phenolic OH excluding ortho intramolecular Hbond substituents is 1. The van der Waals surface area contributed by atoms with Gasteiger partial charge < -0.3 is 10.4 Å². The van der Waals surface area contributed by atoms with Gasteiger partial charge in [0.25, 0.3) is 0 Å². The van der Waals surface area contributed by atoms with Crippen LogP contribution in [0.4, 0.5) is 5.69 Å². The summed E-state index contributed by atoms with van der Waals surface area (Å²) in [6, 6.07) is 4.66. The molecule has 7 heteroatoms. The summed E-state index contributed by atoms with van der Waals surface area (Å²) in [5.74, 6) is 0.108. The largest absolute Gasteiger partial charge is 0.502 e. The van der Waals surface area contributed by atoms with Gasteiger partial charge in [0.2, 0.25) is 0 Å². The summed E-state index contributed by atoms with van der Waals surface area (Å²) < 4.78 is 0. The zero-order valence-electron chi connectivity index (χ0n) is 12.2. The van der Waals surface area contributed by atoms with E-state index in [0.717, 1.165) is 45.1 Å². The van der Waals surface area contributed by atoms with Gasteiger partial charge in [-0.25, -0.2) is 0 Å². The Bertz CT molecular complexity index is 630. The molecule has 1 aliphatic carbocycles. The number of aromatic hydroxyl groups is 1. The van der Waals surface area contributed by atoms with Crippen LogP contribution in [0.1, 0.15) is 30.0 Å². The lowest BCUT2D eigenvalue weighted by Gasteiger charge is -2.35. The smallest absolute Gasteiger partial charge is 0.312 e. The lowest BCUT2D eigenvalue weighted by atomic mass is 9.96. The van der Waals surface area contributed by atoms with Crippen LogP contribution in [0.25, 0.3) is 0 Å². The van der Waals surface area contributed by atoms with Gasteiger partial charge in [-0.15, -0.1) is 0 Å². The topological polar surface area (TPSA) is 102 Å². The molecule has 2 N–H and O–H groups in total. The molecular formula is C15H18N4O3. The van der Waals surface area contributed by atoms with Crippen molar-refractivity contribution in [3.05, 3.63) is 33.4 Å². The summed E-state index contributed by atoms with van der Waals surface area (Å²) in [6.07, 6.45) is 2.11. The van der Waals surface area contributed by atoms with Crippen molar-refractivity contribution < 1.29 is 10.0 Å². The normalized spacial score (nSPS) is 20.3. The number of nitro benzene ring substituents is 1. The highest BCUT2D eigenvalue weighted by Crippen LogP contribution is 2.48. The number of nitrogens with one attached hydrogen (secondary N) is 1.